The zero-order valence-electron chi connectivity index (χ0n) is 14.0. The number of furan rings is 1. The highest BCUT2D eigenvalue weighted by atomic mass is 16.4. The third kappa shape index (κ3) is 2.88. The van der Waals surface area contributed by atoms with E-state index in [1.807, 2.05) is 24.3 Å². The van der Waals surface area contributed by atoms with Gasteiger partial charge in [-0.15, -0.1) is 0 Å². The number of Topliss-reactive ketones (excluding diaryl/α,β-unsaturated/α-hetero) is 1. The van der Waals surface area contributed by atoms with E-state index in [0.29, 0.717) is 11.3 Å². The molecule has 2 aromatic carbocycles. The van der Waals surface area contributed by atoms with Gasteiger partial charge in [0.25, 0.3) is 0 Å². The van der Waals surface area contributed by atoms with Crippen LogP contribution >= 0.6 is 0 Å². The van der Waals surface area contributed by atoms with Crippen LogP contribution in [-0.4, -0.2) is 21.4 Å². The summed E-state index contributed by atoms with van der Waals surface area (Å²) >= 11 is 0. The summed E-state index contributed by atoms with van der Waals surface area (Å²) in [6.07, 6.45) is 1.55. The SMILES string of the molecule is CC(=O)c1ccc(-c2ccc(C(=O)Nn3cnc4ccccc43)o2)cc1. The Labute approximate surface area is 149 Å². The predicted octanol–water partition coefficient (Wildman–Crippen LogP) is 3.88. The first-order valence-electron chi connectivity index (χ1n) is 8.06. The van der Waals surface area contributed by atoms with E-state index in [1.54, 1.807) is 47.4 Å². The van der Waals surface area contributed by atoms with Crippen molar-refractivity contribution < 1.29 is 14.0 Å². The van der Waals surface area contributed by atoms with Gasteiger partial charge in [0, 0.05) is 11.1 Å². The van der Waals surface area contributed by atoms with Crippen LogP contribution in [-0.2, 0) is 0 Å². The van der Waals surface area contributed by atoms with Gasteiger partial charge in [0.1, 0.15) is 12.1 Å². The summed E-state index contributed by atoms with van der Waals surface area (Å²) < 4.78 is 7.22. The molecule has 4 rings (SSSR count). The normalized spacial score (nSPS) is 10.8. The number of carbonyl (C=O) groups is 2. The molecule has 0 unspecified atom stereocenters. The molecule has 0 radical (unpaired) electrons. The van der Waals surface area contributed by atoms with Crippen molar-refractivity contribution in [3.05, 3.63) is 78.3 Å². The fourth-order valence-electron chi connectivity index (χ4n) is 2.70. The van der Waals surface area contributed by atoms with E-state index in [4.69, 9.17) is 4.42 Å². The maximum atomic E-state index is 12.4. The first-order chi connectivity index (χ1) is 12.6. The number of benzene rings is 2. The average Bonchev–Trinajstić information content (AvgIpc) is 3.30. The van der Waals surface area contributed by atoms with E-state index in [-0.39, 0.29) is 17.5 Å². The van der Waals surface area contributed by atoms with Crippen LogP contribution in [0, 0.1) is 0 Å². The molecule has 1 N–H and O–H groups in total. The molecule has 0 saturated carbocycles. The molecule has 2 aromatic heterocycles. The van der Waals surface area contributed by atoms with Crippen LogP contribution in [0.3, 0.4) is 0 Å². The third-order valence-corrected chi connectivity index (χ3v) is 4.08. The largest absolute Gasteiger partial charge is 0.451 e. The van der Waals surface area contributed by atoms with Crippen LogP contribution < -0.4 is 5.43 Å². The lowest BCUT2D eigenvalue weighted by atomic mass is 10.1. The van der Waals surface area contributed by atoms with Gasteiger partial charge >= 0.3 is 5.91 Å². The van der Waals surface area contributed by atoms with Crippen molar-refractivity contribution in [3.63, 3.8) is 0 Å². The van der Waals surface area contributed by atoms with Gasteiger partial charge in [0.05, 0.1) is 11.0 Å². The summed E-state index contributed by atoms with van der Waals surface area (Å²) in [5, 5.41) is 0. The van der Waals surface area contributed by atoms with Gasteiger partial charge in [0.15, 0.2) is 11.5 Å². The minimum absolute atomic E-state index is 0.00335. The summed E-state index contributed by atoms with van der Waals surface area (Å²) in [5.74, 6) is 0.373. The molecular weight excluding hydrogens is 330 g/mol. The minimum Gasteiger partial charge on any atom is -0.451 e. The molecular formula is C20H15N3O3. The molecule has 4 aromatic rings. The maximum absolute atomic E-state index is 12.4. The van der Waals surface area contributed by atoms with Crippen LogP contribution in [0.2, 0.25) is 0 Å². The van der Waals surface area contributed by atoms with E-state index < -0.39 is 0 Å². The van der Waals surface area contributed by atoms with Crippen molar-refractivity contribution in [1.29, 1.82) is 0 Å². The van der Waals surface area contributed by atoms with Gasteiger partial charge in [0.2, 0.25) is 0 Å². The van der Waals surface area contributed by atoms with E-state index in [1.165, 1.54) is 6.92 Å². The molecule has 26 heavy (non-hydrogen) atoms. The topological polar surface area (TPSA) is 77.1 Å². The van der Waals surface area contributed by atoms with E-state index >= 15 is 0 Å². The summed E-state index contributed by atoms with van der Waals surface area (Å²) in [6, 6.07) is 17.9. The molecule has 0 aliphatic heterocycles. The van der Waals surface area contributed by atoms with Gasteiger partial charge in [-0.3, -0.25) is 15.0 Å². The lowest BCUT2D eigenvalue weighted by Gasteiger charge is -2.05. The lowest BCUT2D eigenvalue weighted by Crippen LogP contribution is -2.21. The third-order valence-electron chi connectivity index (χ3n) is 4.08. The lowest BCUT2D eigenvalue weighted by molar-refractivity contribution is 0.0981. The molecule has 0 saturated heterocycles. The van der Waals surface area contributed by atoms with Gasteiger partial charge in [-0.25, -0.2) is 9.66 Å². The smallest absolute Gasteiger partial charge is 0.305 e. The van der Waals surface area contributed by atoms with Crippen LogP contribution in [0.15, 0.2) is 71.4 Å². The minimum atomic E-state index is -0.375. The summed E-state index contributed by atoms with van der Waals surface area (Å²) in [4.78, 5) is 28.0. The Morgan fingerprint density at radius 1 is 1.00 bits per heavy atom. The zero-order chi connectivity index (χ0) is 18.1. The Hall–Kier alpha value is -3.67. The Bertz CT molecular complexity index is 1110. The highest BCUT2D eigenvalue weighted by Gasteiger charge is 2.14. The molecule has 0 atom stereocenters. The van der Waals surface area contributed by atoms with Crippen molar-refractivity contribution in [2.24, 2.45) is 0 Å². The Kier molecular flexibility index (Phi) is 3.85. The summed E-state index contributed by atoms with van der Waals surface area (Å²) in [5.41, 5.74) is 5.76. The van der Waals surface area contributed by atoms with Gasteiger partial charge in [-0.05, 0) is 31.2 Å². The molecule has 128 valence electrons. The quantitative estimate of drug-likeness (QED) is 0.569. The standard InChI is InChI=1S/C20H15N3O3/c1-13(24)14-6-8-15(9-7-14)18-10-11-19(26-18)20(25)22-23-12-21-16-4-2-3-5-17(16)23/h2-12H,1H3,(H,22,25). The molecule has 0 aliphatic carbocycles. The van der Waals surface area contributed by atoms with Gasteiger partial charge in [-0.2, -0.15) is 0 Å². The van der Waals surface area contributed by atoms with Crippen LogP contribution in [0.25, 0.3) is 22.4 Å². The second-order valence-corrected chi connectivity index (χ2v) is 5.84. The summed E-state index contributed by atoms with van der Waals surface area (Å²) in [7, 11) is 0. The zero-order valence-corrected chi connectivity index (χ0v) is 14.0. The second-order valence-electron chi connectivity index (χ2n) is 5.84. The van der Waals surface area contributed by atoms with Crippen molar-refractivity contribution in [2.45, 2.75) is 6.92 Å². The van der Waals surface area contributed by atoms with Crippen LogP contribution in [0.5, 0.6) is 0 Å². The number of amides is 1. The first-order valence-corrected chi connectivity index (χ1v) is 8.06. The number of carbonyl (C=O) groups excluding carboxylic acids is 2. The van der Waals surface area contributed by atoms with Crippen LogP contribution in [0.4, 0.5) is 0 Å². The van der Waals surface area contributed by atoms with Crippen molar-refractivity contribution in [2.75, 3.05) is 5.43 Å². The number of nitrogens with zero attached hydrogens (tertiary/aromatic N) is 2. The monoisotopic (exact) mass is 345 g/mol. The highest BCUT2D eigenvalue weighted by molar-refractivity contribution is 5.99. The fraction of sp³-hybridized carbons (Fsp3) is 0.0500. The fourth-order valence-corrected chi connectivity index (χ4v) is 2.70. The number of hydrogen-bond donors (Lipinski definition) is 1. The Balaban J connectivity index is 1.55. The molecule has 0 bridgehead atoms. The molecule has 6 heteroatoms. The summed E-state index contributed by atoms with van der Waals surface area (Å²) in [6.45, 7) is 1.52. The van der Waals surface area contributed by atoms with Gasteiger partial charge in [-0.1, -0.05) is 36.4 Å². The number of ketones is 1. The second kappa shape index (κ2) is 6.33. The average molecular weight is 345 g/mol. The Morgan fingerprint density at radius 2 is 1.77 bits per heavy atom. The van der Waals surface area contributed by atoms with Crippen molar-refractivity contribution in [3.8, 4) is 11.3 Å². The number of para-hydroxylation sites is 2. The number of hydrogen-bond acceptors (Lipinski definition) is 4. The molecule has 0 spiro atoms. The molecule has 0 fully saturated rings. The van der Waals surface area contributed by atoms with E-state index in [2.05, 4.69) is 10.4 Å². The number of rotatable bonds is 4. The molecule has 1 amide bonds. The number of imidazole rings is 1. The van der Waals surface area contributed by atoms with Crippen LogP contribution in [0.1, 0.15) is 27.8 Å². The van der Waals surface area contributed by atoms with Gasteiger partial charge < -0.3 is 4.42 Å². The maximum Gasteiger partial charge on any atom is 0.305 e. The molecule has 6 nitrogen and oxygen atoms in total. The predicted molar refractivity (Wildman–Crippen MR) is 97.6 cm³/mol. The number of aromatic nitrogens is 2. The molecule has 0 aliphatic rings. The Morgan fingerprint density at radius 3 is 2.54 bits per heavy atom. The first kappa shape index (κ1) is 15.8. The van der Waals surface area contributed by atoms with Crippen molar-refractivity contribution >= 4 is 22.7 Å². The molecule has 2 heterocycles. The van der Waals surface area contributed by atoms with E-state index in [9.17, 15) is 9.59 Å². The van der Waals surface area contributed by atoms with Crippen molar-refractivity contribution in [1.82, 2.24) is 9.66 Å². The highest BCUT2D eigenvalue weighted by Crippen LogP contribution is 2.23. The number of fused-ring (bicyclic) bond motifs is 1. The van der Waals surface area contributed by atoms with E-state index in [0.717, 1.165) is 16.6 Å². The number of nitrogens with one attached hydrogen (secondary N) is 1.